The van der Waals surface area contributed by atoms with Gasteiger partial charge in [-0.05, 0) is 24.1 Å². The van der Waals surface area contributed by atoms with Crippen molar-refractivity contribution in [2.24, 2.45) is 0 Å². The Morgan fingerprint density at radius 1 is 1.31 bits per heavy atom. The highest BCUT2D eigenvalue weighted by Gasteiger charge is 2.12. The van der Waals surface area contributed by atoms with Gasteiger partial charge in [0.05, 0.1) is 0 Å². The standard InChI is InChI=1S/C9H10O4/c1-2-5-3-8(11)6(9(12)13)4-7(5)10/h3-4,10-11H,2H2,1H3,(H,12,13). The van der Waals surface area contributed by atoms with Crippen LogP contribution in [0.3, 0.4) is 0 Å². The summed E-state index contributed by atoms with van der Waals surface area (Å²) >= 11 is 0. The molecule has 0 amide bonds. The number of carboxylic acids is 1. The summed E-state index contributed by atoms with van der Waals surface area (Å²) in [6, 6.07) is 2.31. The molecule has 70 valence electrons. The van der Waals surface area contributed by atoms with Crippen LogP contribution >= 0.6 is 0 Å². The van der Waals surface area contributed by atoms with Crippen LogP contribution in [-0.4, -0.2) is 21.3 Å². The Balaban J connectivity index is 3.28. The molecule has 13 heavy (non-hydrogen) atoms. The van der Waals surface area contributed by atoms with Gasteiger partial charge in [-0.2, -0.15) is 0 Å². The number of benzene rings is 1. The average Bonchev–Trinajstić information content (AvgIpc) is 2.07. The third-order valence-electron chi connectivity index (χ3n) is 1.81. The van der Waals surface area contributed by atoms with Crippen molar-refractivity contribution in [3.05, 3.63) is 23.3 Å². The van der Waals surface area contributed by atoms with Crippen molar-refractivity contribution in [1.29, 1.82) is 0 Å². The highest BCUT2D eigenvalue weighted by Crippen LogP contribution is 2.27. The zero-order chi connectivity index (χ0) is 10.0. The minimum absolute atomic E-state index is 0.0994. The lowest BCUT2D eigenvalue weighted by atomic mass is 10.1. The Labute approximate surface area is 75.1 Å². The Morgan fingerprint density at radius 2 is 1.92 bits per heavy atom. The van der Waals surface area contributed by atoms with Crippen LogP contribution in [0, 0.1) is 0 Å². The third kappa shape index (κ3) is 1.72. The largest absolute Gasteiger partial charge is 0.508 e. The fraction of sp³-hybridized carbons (Fsp3) is 0.222. The first kappa shape index (κ1) is 9.38. The number of aryl methyl sites for hydroxylation is 1. The summed E-state index contributed by atoms with van der Waals surface area (Å²) in [5, 5.41) is 27.1. The Morgan fingerprint density at radius 3 is 2.38 bits per heavy atom. The van der Waals surface area contributed by atoms with Gasteiger partial charge >= 0.3 is 5.97 Å². The molecule has 0 aliphatic heterocycles. The monoisotopic (exact) mass is 182 g/mol. The van der Waals surface area contributed by atoms with Crippen LogP contribution in [0.2, 0.25) is 0 Å². The molecule has 0 unspecified atom stereocenters. The number of hydrogen-bond donors (Lipinski definition) is 3. The number of aromatic carboxylic acids is 1. The quantitative estimate of drug-likeness (QED) is 0.603. The summed E-state index contributed by atoms with van der Waals surface area (Å²) < 4.78 is 0. The van der Waals surface area contributed by atoms with Gasteiger partial charge in [-0.3, -0.25) is 0 Å². The van der Waals surface area contributed by atoms with Crippen LogP contribution in [0.4, 0.5) is 0 Å². The van der Waals surface area contributed by atoms with E-state index in [1.165, 1.54) is 6.07 Å². The van der Waals surface area contributed by atoms with Crippen molar-refractivity contribution >= 4 is 5.97 Å². The summed E-state index contributed by atoms with van der Waals surface area (Å²) in [4.78, 5) is 10.5. The zero-order valence-electron chi connectivity index (χ0n) is 7.11. The number of rotatable bonds is 2. The number of phenolic OH excluding ortho intramolecular Hbond substituents is 1. The van der Waals surface area contributed by atoms with Crippen molar-refractivity contribution < 1.29 is 20.1 Å². The van der Waals surface area contributed by atoms with Crippen molar-refractivity contribution in [2.45, 2.75) is 13.3 Å². The predicted octanol–water partition coefficient (Wildman–Crippen LogP) is 1.36. The molecule has 1 rings (SSSR count). The molecule has 0 aliphatic carbocycles. The van der Waals surface area contributed by atoms with Crippen LogP contribution in [0.25, 0.3) is 0 Å². The highest BCUT2D eigenvalue weighted by molar-refractivity contribution is 5.91. The van der Waals surface area contributed by atoms with E-state index in [0.717, 1.165) is 6.07 Å². The average molecular weight is 182 g/mol. The zero-order valence-corrected chi connectivity index (χ0v) is 7.11. The lowest BCUT2D eigenvalue weighted by molar-refractivity contribution is 0.0693. The van der Waals surface area contributed by atoms with Crippen LogP contribution in [0.1, 0.15) is 22.8 Å². The first-order chi connectivity index (χ1) is 6.06. The predicted molar refractivity (Wildman–Crippen MR) is 46.1 cm³/mol. The SMILES string of the molecule is CCc1cc(O)c(C(=O)O)cc1O. The van der Waals surface area contributed by atoms with Gasteiger partial charge in [0.15, 0.2) is 0 Å². The maximum absolute atomic E-state index is 10.5. The topological polar surface area (TPSA) is 77.8 Å². The molecule has 0 atom stereocenters. The second-order valence-electron chi connectivity index (χ2n) is 2.66. The van der Waals surface area contributed by atoms with Gasteiger partial charge in [0, 0.05) is 0 Å². The lowest BCUT2D eigenvalue weighted by Crippen LogP contribution is -1.97. The lowest BCUT2D eigenvalue weighted by Gasteiger charge is -2.04. The van der Waals surface area contributed by atoms with E-state index in [4.69, 9.17) is 5.11 Å². The summed E-state index contributed by atoms with van der Waals surface area (Å²) in [7, 11) is 0. The number of carboxylic acid groups (broad SMARTS) is 1. The van der Waals surface area contributed by atoms with Crippen molar-refractivity contribution in [2.75, 3.05) is 0 Å². The molecule has 1 aromatic carbocycles. The molecule has 3 N–H and O–H groups in total. The molecule has 0 radical (unpaired) electrons. The molecule has 0 heterocycles. The number of carbonyl (C=O) groups is 1. The first-order valence-electron chi connectivity index (χ1n) is 3.84. The molecule has 4 nitrogen and oxygen atoms in total. The van der Waals surface area contributed by atoms with Gasteiger partial charge < -0.3 is 15.3 Å². The Kier molecular flexibility index (Phi) is 2.41. The Hall–Kier alpha value is -1.71. The van der Waals surface area contributed by atoms with E-state index < -0.39 is 5.97 Å². The van der Waals surface area contributed by atoms with E-state index in [2.05, 4.69) is 0 Å². The summed E-state index contributed by atoms with van der Waals surface area (Å²) in [6.45, 7) is 1.80. The third-order valence-corrected chi connectivity index (χ3v) is 1.81. The van der Waals surface area contributed by atoms with Crippen LogP contribution in [-0.2, 0) is 6.42 Å². The minimum atomic E-state index is -1.25. The molecule has 0 spiro atoms. The van der Waals surface area contributed by atoms with Crippen molar-refractivity contribution in [3.8, 4) is 11.5 Å². The molecule has 4 heteroatoms. The van der Waals surface area contributed by atoms with Crippen LogP contribution in [0.5, 0.6) is 11.5 Å². The first-order valence-corrected chi connectivity index (χ1v) is 3.84. The maximum atomic E-state index is 10.5. The van der Waals surface area contributed by atoms with Gasteiger partial charge in [0.2, 0.25) is 0 Å². The maximum Gasteiger partial charge on any atom is 0.339 e. The van der Waals surface area contributed by atoms with E-state index in [9.17, 15) is 15.0 Å². The second kappa shape index (κ2) is 3.35. The van der Waals surface area contributed by atoms with Gasteiger partial charge in [-0.15, -0.1) is 0 Å². The molecule has 0 bridgehead atoms. The molecular weight excluding hydrogens is 172 g/mol. The number of hydrogen-bond acceptors (Lipinski definition) is 3. The van der Waals surface area contributed by atoms with Crippen LogP contribution < -0.4 is 0 Å². The molecule has 0 fully saturated rings. The van der Waals surface area contributed by atoms with E-state index in [0.29, 0.717) is 12.0 Å². The molecular formula is C9H10O4. The van der Waals surface area contributed by atoms with Crippen LogP contribution in [0.15, 0.2) is 12.1 Å². The Bertz CT molecular complexity index is 344. The number of phenols is 2. The fourth-order valence-electron chi connectivity index (χ4n) is 1.07. The normalized spacial score (nSPS) is 9.92. The molecule has 0 aliphatic rings. The molecule has 0 saturated heterocycles. The summed E-state index contributed by atoms with van der Waals surface area (Å²) in [6.07, 6.45) is 0.541. The highest BCUT2D eigenvalue weighted by atomic mass is 16.4. The van der Waals surface area contributed by atoms with E-state index >= 15 is 0 Å². The van der Waals surface area contributed by atoms with E-state index in [1.807, 2.05) is 0 Å². The van der Waals surface area contributed by atoms with Crippen molar-refractivity contribution in [1.82, 2.24) is 0 Å². The van der Waals surface area contributed by atoms with Gasteiger partial charge in [0.25, 0.3) is 0 Å². The molecule has 0 aromatic heterocycles. The van der Waals surface area contributed by atoms with E-state index in [1.54, 1.807) is 6.92 Å². The smallest absolute Gasteiger partial charge is 0.339 e. The van der Waals surface area contributed by atoms with Gasteiger partial charge in [-0.1, -0.05) is 6.92 Å². The van der Waals surface area contributed by atoms with Gasteiger partial charge in [-0.25, -0.2) is 4.79 Å². The summed E-state index contributed by atoms with van der Waals surface area (Å²) in [5.41, 5.74) is 0.247. The molecule has 1 aromatic rings. The minimum Gasteiger partial charge on any atom is -0.508 e. The molecule has 0 saturated carbocycles. The summed E-state index contributed by atoms with van der Waals surface area (Å²) in [5.74, 6) is -1.67. The van der Waals surface area contributed by atoms with Gasteiger partial charge in [0.1, 0.15) is 17.1 Å². The second-order valence-corrected chi connectivity index (χ2v) is 2.66. The number of aromatic hydroxyl groups is 2. The fourth-order valence-corrected chi connectivity index (χ4v) is 1.07. The van der Waals surface area contributed by atoms with Crippen molar-refractivity contribution in [3.63, 3.8) is 0 Å². The van der Waals surface area contributed by atoms with E-state index in [-0.39, 0.29) is 17.1 Å².